The fourth-order valence-corrected chi connectivity index (χ4v) is 2.22. The summed E-state index contributed by atoms with van der Waals surface area (Å²) in [7, 11) is 3.99. The SMILES string of the molecule is CC(=O)N(CCCN(C)C)CCC(=O)Nc1cccc(Cl)c1. The summed E-state index contributed by atoms with van der Waals surface area (Å²) < 4.78 is 0. The van der Waals surface area contributed by atoms with Crippen LogP contribution < -0.4 is 5.32 Å². The first-order valence-electron chi connectivity index (χ1n) is 7.34. The molecule has 122 valence electrons. The number of hydrogen-bond acceptors (Lipinski definition) is 3. The van der Waals surface area contributed by atoms with Gasteiger partial charge in [0.2, 0.25) is 11.8 Å². The van der Waals surface area contributed by atoms with Crippen LogP contribution in [-0.2, 0) is 9.59 Å². The Morgan fingerprint density at radius 2 is 1.91 bits per heavy atom. The average Bonchev–Trinajstić information content (AvgIpc) is 2.41. The first-order chi connectivity index (χ1) is 10.4. The first kappa shape index (κ1) is 18.5. The summed E-state index contributed by atoms with van der Waals surface area (Å²) >= 11 is 5.87. The molecule has 1 aromatic rings. The van der Waals surface area contributed by atoms with E-state index in [-0.39, 0.29) is 18.2 Å². The van der Waals surface area contributed by atoms with Crippen LogP contribution in [0.5, 0.6) is 0 Å². The van der Waals surface area contributed by atoms with Crippen molar-refractivity contribution in [3.63, 3.8) is 0 Å². The van der Waals surface area contributed by atoms with Gasteiger partial charge in [0.05, 0.1) is 0 Å². The van der Waals surface area contributed by atoms with Gasteiger partial charge in [-0.3, -0.25) is 9.59 Å². The smallest absolute Gasteiger partial charge is 0.226 e. The van der Waals surface area contributed by atoms with Gasteiger partial charge in [-0.05, 0) is 45.3 Å². The highest BCUT2D eigenvalue weighted by molar-refractivity contribution is 6.30. The molecule has 0 saturated carbocycles. The van der Waals surface area contributed by atoms with Crippen LogP contribution in [-0.4, -0.2) is 55.3 Å². The second-order valence-corrected chi connectivity index (χ2v) is 5.91. The van der Waals surface area contributed by atoms with Crippen LogP contribution in [0.15, 0.2) is 24.3 Å². The summed E-state index contributed by atoms with van der Waals surface area (Å²) in [4.78, 5) is 27.3. The van der Waals surface area contributed by atoms with Crippen molar-refractivity contribution in [3.8, 4) is 0 Å². The Labute approximate surface area is 137 Å². The number of carbonyl (C=O) groups excluding carboxylic acids is 2. The van der Waals surface area contributed by atoms with Crippen molar-refractivity contribution in [2.24, 2.45) is 0 Å². The Bertz CT molecular complexity index is 506. The Kier molecular flexibility index (Phi) is 7.91. The van der Waals surface area contributed by atoms with Crippen LogP contribution in [0.25, 0.3) is 0 Å². The molecule has 0 heterocycles. The minimum atomic E-state index is -0.124. The first-order valence-corrected chi connectivity index (χ1v) is 7.72. The summed E-state index contributed by atoms with van der Waals surface area (Å²) in [6.07, 6.45) is 1.16. The second kappa shape index (κ2) is 9.43. The van der Waals surface area contributed by atoms with E-state index in [1.54, 1.807) is 29.2 Å². The average molecular weight is 326 g/mol. The summed E-state index contributed by atoms with van der Waals surface area (Å²) in [6.45, 7) is 3.54. The lowest BCUT2D eigenvalue weighted by Gasteiger charge is -2.21. The highest BCUT2D eigenvalue weighted by Gasteiger charge is 2.11. The van der Waals surface area contributed by atoms with E-state index in [1.807, 2.05) is 14.1 Å². The molecule has 22 heavy (non-hydrogen) atoms. The van der Waals surface area contributed by atoms with E-state index < -0.39 is 0 Å². The molecule has 1 rings (SSSR count). The van der Waals surface area contributed by atoms with Gasteiger partial charge in [-0.2, -0.15) is 0 Å². The summed E-state index contributed by atoms with van der Waals surface area (Å²) in [6, 6.07) is 7.00. The quantitative estimate of drug-likeness (QED) is 0.799. The molecule has 0 aliphatic heterocycles. The van der Waals surface area contributed by atoms with Gasteiger partial charge in [0.1, 0.15) is 0 Å². The third-order valence-corrected chi connectivity index (χ3v) is 3.43. The maximum Gasteiger partial charge on any atom is 0.226 e. The number of hydrogen-bond donors (Lipinski definition) is 1. The van der Waals surface area contributed by atoms with Crippen LogP contribution in [0.3, 0.4) is 0 Å². The highest BCUT2D eigenvalue weighted by Crippen LogP contribution is 2.15. The Hall–Kier alpha value is -1.59. The van der Waals surface area contributed by atoms with Crippen molar-refractivity contribution in [3.05, 3.63) is 29.3 Å². The van der Waals surface area contributed by atoms with Crippen molar-refractivity contribution < 1.29 is 9.59 Å². The van der Waals surface area contributed by atoms with Crippen molar-refractivity contribution in [2.75, 3.05) is 39.0 Å². The van der Waals surface area contributed by atoms with Crippen molar-refractivity contribution in [2.45, 2.75) is 19.8 Å². The monoisotopic (exact) mass is 325 g/mol. The molecular formula is C16H24ClN3O2. The van der Waals surface area contributed by atoms with Crippen molar-refractivity contribution in [1.29, 1.82) is 0 Å². The molecule has 0 aliphatic rings. The molecule has 5 nitrogen and oxygen atoms in total. The molecular weight excluding hydrogens is 302 g/mol. The fraction of sp³-hybridized carbons (Fsp3) is 0.500. The lowest BCUT2D eigenvalue weighted by Crippen LogP contribution is -2.34. The molecule has 0 aromatic heterocycles. The van der Waals surface area contributed by atoms with Crippen LogP contribution >= 0.6 is 11.6 Å². The lowest BCUT2D eigenvalue weighted by atomic mass is 10.3. The minimum Gasteiger partial charge on any atom is -0.342 e. The van der Waals surface area contributed by atoms with E-state index in [2.05, 4.69) is 10.2 Å². The largest absolute Gasteiger partial charge is 0.342 e. The summed E-state index contributed by atoms with van der Waals surface area (Å²) in [5, 5.41) is 3.36. The van der Waals surface area contributed by atoms with Gasteiger partial charge >= 0.3 is 0 Å². The molecule has 6 heteroatoms. The summed E-state index contributed by atoms with van der Waals surface area (Å²) in [5.41, 5.74) is 0.666. The third kappa shape index (κ3) is 7.43. The van der Waals surface area contributed by atoms with Crippen molar-refractivity contribution >= 4 is 29.1 Å². The minimum absolute atomic E-state index is 0.00527. The zero-order valence-electron chi connectivity index (χ0n) is 13.4. The number of nitrogens with one attached hydrogen (secondary N) is 1. The summed E-state index contributed by atoms with van der Waals surface area (Å²) in [5.74, 6) is -0.129. The zero-order chi connectivity index (χ0) is 16.5. The van der Waals surface area contributed by atoms with Crippen LogP contribution in [0.1, 0.15) is 19.8 Å². The van der Waals surface area contributed by atoms with Crippen LogP contribution in [0.4, 0.5) is 5.69 Å². The van der Waals surface area contributed by atoms with Gasteiger partial charge in [0.25, 0.3) is 0 Å². The van der Waals surface area contributed by atoms with Gasteiger partial charge in [-0.15, -0.1) is 0 Å². The van der Waals surface area contributed by atoms with Crippen molar-refractivity contribution in [1.82, 2.24) is 9.80 Å². The maximum atomic E-state index is 11.9. The molecule has 1 aromatic carbocycles. The number of amides is 2. The standard InChI is InChI=1S/C16H24ClN3O2/c1-13(21)20(10-5-9-19(2)3)11-8-16(22)18-15-7-4-6-14(17)12-15/h4,6-7,12H,5,8-11H2,1-3H3,(H,18,22). The number of nitrogens with zero attached hydrogens (tertiary/aromatic N) is 2. The number of anilines is 1. The topological polar surface area (TPSA) is 52.7 Å². The lowest BCUT2D eigenvalue weighted by molar-refractivity contribution is -0.129. The van der Waals surface area contributed by atoms with E-state index in [0.29, 0.717) is 23.8 Å². The zero-order valence-corrected chi connectivity index (χ0v) is 14.2. The Morgan fingerprint density at radius 3 is 2.50 bits per heavy atom. The molecule has 0 aliphatic carbocycles. The van der Waals surface area contributed by atoms with Crippen LogP contribution in [0, 0.1) is 0 Å². The second-order valence-electron chi connectivity index (χ2n) is 5.47. The van der Waals surface area contributed by atoms with E-state index in [1.165, 1.54) is 6.92 Å². The number of benzene rings is 1. The molecule has 2 amide bonds. The highest BCUT2D eigenvalue weighted by atomic mass is 35.5. The maximum absolute atomic E-state index is 11.9. The normalized spacial score (nSPS) is 10.6. The number of halogens is 1. The molecule has 0 radical (unpaired) electrons. The molecule has 0 unspecified atom stereocenters. The Morgan fingerprint density at radius 1 is 1.18 bits per heavy atom. The molecule has 1 N–H and O–H groups in total. The Balaban J connectivity index is 2.40. The van der Waals surface area contributed by atoms with E-state index >= 15 is 0 Å². The van der Waals surface area contributed by atoms with Gasteiger partial charge in [0, 0.05) is 37.1 Å². The van der Waals surface area contributed by atoms with Gasteiger partial charge in [-0.25, -0.2) is 0 Å². The predicted octanol–water partition coefficient (Wildman–Crippen LogP) is 2.47. The van der Waals surface area contributed by atoms with E-state index in [9.17, 15) is 9.59 Å². The van der Waals surface area contributed by atoms with Gasteiger partial charge in [-0.1, -0.05) is 17.7 Å². The number of rotatable bonds is 8. The van der Waals surface area contributed by atoms with E-state index in [0.717, 1.165) is 13.0 Å². The third-order valence-electron chi connectivity index (χ3n) is 3.20. The van der Waals surface area contributed by atoms with Crippen LogP contribution in [0.2, 0.25) is 5.02 Å². The molecule has 0 saturated heterocycles. The molecule has 0 fully saturated rings. The molecule has 0 spiro atoms. The van der Waals surface area contributed by atoms with Gasteiger partial charge < -0.3 is 15.1 Å². The predicted molar refractivity (Wildman–Crippen MR) is 90.1 cm³/mol. The molecule has 0 bridgehead atoms. The molecule has 0 atom stereocenters. The number of carbonyl (C=O) groups is 2. The fourth-order valence-electron chi connectivity index (χ4n) is 2.03. The van der Waals surface area contributed by atoms with E-state index in [4.69, 9.17) is 11.6 Å². The van der Waals surface area contributed by atoms with Gasteiger partial charge in [0.15, 0.2) is 0 Å².